The van der Waals surface area contributed by atoms with E-state index in [0.717, 1.165) is 58.2 Å². The normalized spacial score (nSPS) is 57.6. The van der Waals surface area contributed by atoms with Crippen LogP contribution in [0.25, 0.3) is 0 Å². The molecule has 0 aromatic carbocycles. The lowest BCUT2D eigenvalue weighted by Crippen LogP contribution is -2.66. The Morgan fingerprint density at radius 3 is 2.50 bits per heavy atom. The number of ether oxygens (including phenoxy) is 2. The van der Waals surface area contributed by atoms with E-state index in [0.29, 0.717) is 11.8 Å². The Morgan fingerprint density at radius 1 is 1.04 bits per heavy atom. The number of rotatable bonds is 1. The maximum absolute atomic E-state index is 10.7. The quantitative estimate of drug-likeness (QED) is 0.772. The first kappa shape index (κ1) is 17.3. The highest BCUT2D eigenvalue weighted by Crippen LogP contribution is 2.68. The second-order valence-corrected chi connectivity index (χ2v) is 9.64. The first-order chi connectivity index (χ1) is 11.3. The molecule has 2 aliphatic heterocycles. The summed E-state index contributed by atoms with van der Waals surface area (Å²) in [5.74, 6) is 0.837. The third kappa shape index (κ3) is 2.00. The maximum Gasteiger partial charge on any atom is 0.0945 e. The van der Waals surface area contributed by atoms with E-state index in [-0.39, 0.29) is 23.2 Å². The molecule has 7 atom stereocenters. The summed E-state index contributed by atoms with van der Waals surface area (Å²) in [6.45, 7) is 8.46. The van der Waals surface area contributed by atoms with Gasteiger partial charge in [-0.2, -0.15) is 0 Å². The van der Waals surface area contributed by atoms with Gasteiger partial charge in [0.2, 0.25) is 0 Å². The van der Waals surface area contributed by atoms with Gasteiger partial charge in [-0.05, 0) is 50.4 Å². The fourth-order valence-electron chi connectivity index (χ4n) is 7.00. The van der Waals surface area contributed by atoms with Gasteiger partial charge < -0.3 is 19.7 Å². The SMILES string of the molecule is CC1CCC2[C@](C)(CO)[C@@H](O)CC[C@]2(C)[C@@]12CCC1(CCOC1)O2. The van der Waals surface area contributed by atoms with E-state index >= 15 is 0 Å². The van der Waals surface area contributed by atoms with Crippen molar-refractivity contribution in [1.29, 1.82) is 0 Å². The molecule has 2 aliphatic carbocycles. The Hall–Kier alpha value is -0.160. The molecule has 4 nitrogen and oxygen atoms in total. The molecule has 0 bridgehead atoms. The molecule has 0 radical (unpaired) electrons. The van der Waals surface area contributed by atoms with Crippen LogP contribution < -0.4 is 0 Å². The Bertz CT molecular complexity index is 502. The zero-order valence-electron chi connectivity index (χ0n) is 15.5. The molecule has 4 fully saturated rings. The van der Waals surface area contributed by atoms with Crippen molar-refractivity contribution in [2.75, 3.05) is 19.8 Å². The van der Waals surface area contributed by atoms with Crippen LogP contribution in [-0.2, 0) is 9.47 Å². The van der Waals surface area contributed by atoms with E-state index in [4.69, 9.17) is 9.47 Å². The third-order valence-corrected chi connectivity index (χ3v) is 8.67. The fourth-order valence-corrected chi connectivity index (χ4v) is 7.00. The van der Waals surface area contributed by atoms with Gasteiger partial charge >= 0.3 is 0 Å². The highest BCUT2D eigenvalue weighted by atomic mass is 16.6. The van der Waals surface area contributed by atoms with Gasteiger partial charge in [0.1, 0.15) is 0 Å². The second-order valence-electron chi connectivity index (χ2n) is 9.64. The molecule has 4 heteroatoms. The third-order valence-electron chi connectivity index (χ3n) is 8.67. The van der Waals surface area contributed by atoms with E-state index in [2.05, 4.69) is 20.8 Å². The van der Waals surface area contributed by atoms with Crippen molar-refractivity contribution in [3.63, 3.8) is 0 Å². The zero-order valence-corrected chi connectivity index (χ0v) is 15.5. The van der Waals surface area contributed by atoms with Gasteiger partial charge in [-0.25, -0.2) is 0 Å². The monoisotopic (exact) mass is 338 g/mol. The Morgan fingerprint density at radius 2 is 1.83 bits per heavy atom. The summed E-state index contributed by atoms with van der Waals surface area (Å²) in [7, 11) is 0. The summed E-state index contributed by atoms with van der Waals surface area (Å²) in [5.41, 5.74) is -0.593. The number of hydrogen-bond donors (Lipinski definition) is 2. The van der Waals surface area contributed by atoms with Gasteiger partial charge in [0.25, 0.3) is 0 Å². The highest BCUT2D eigenvalue weighted by Gasteiger charge is 2.69. The molecule has 0 amide bonds. The molecule has 2 saturated heterocycles. The molecule has 2 saturated carbocycles. The van der Waals surface area contributed by atoms with Crippen molar-refractivity contribution in [3.05, 3.63) is 0 Å². The molecule has 2 spiro atoms. The standard InChI is InChI=1S/C20H34O4/c1-14-4-5-15-17(2,12-21)16(22)6-7-18(15,3)20(14)9-8-19(24-20)10-11-23-13-19/h14-16,21-22H,4-13H2,1-3H3/t14?,15?,16-,17-,18-,19?,20+/m0/s1. The van der Waals surface area contributed by atoms with Crippen molar-refractivity contribution >= 4 is 0 Å². The number of aliphatic hydroxyl groups is 2. The fraction of sp³-hybridized carbons (Fsp3) is 1.00. The molecule has 4 rings (SSSR count). The molecule has 4 aliphatic rings. The maximum atomic E-state index is 10.7. The Balaban J connectivity index is 1.74. The van der Waals surface area contributed by atoms with Crippen molar-refractivity contribution in [2.45, 2.75) is 83.0 Å². The number of fused-ring (bicyclic) bond motifs is 2. The van der Waals surface area contributed by atoms with Crippen LogP contribution in [0.4, 0.5) is 0 Å². The first-order valence-corrected chi connectivity index (χ1v) is 9.89. The van der Waals surface area contributed by atoms with Crippen LogP contribution in [0.5, 0.6) is 0 Å². The predicted molar refractivity (Wildman–Crippen MR) is 91.6 cm³/mol. The van der Waals surface area contributed by atoms with Gasteiger partial charge in [0, 0.05) is 23.9 Å². The molecule has 24 heavy (non-hydrogen) atoms. The predicted octanol–water partition coefficient (Wildman–Crippen LogP) is 2.90. The lowest BCUT2D eigenvalue weighted by Gasteiger charge is -2.65. The smallest absolute Gasteiger partial charge is 0.0945 e. The van der Waals surface area contributed by atoms with Crippen LogP contribution >= 0.6 is 0 Å². The average Bonchev–Trinajstić information content (AvgIpc) is 3.18. The first-order valence-electron chi connectivity index (χ1n) is 9.89. The van der Waals surface area contributed by atoms with Gasteiger partial charge in [-0.3, -0.25) is 0 Å². The lowest BCUT2D eigenvalue weighted by molar-refractivity contribution is -0.266. The van der Waals surface area contributed by atoms with E-state index in [1.165, 1.54) is 0 Å². The van der Waals surface area contributed by atoms with Crippen LogP contribution in [0.2, 0.25) is 0 Å². The van der Waals surface area contributed by atoms with Gasteiger partial charge in [0.05, 0.1) is 30.5 Å². The minimum Gasteiger partial charge on any atom is -0.396 e. The summed E-state index contributed by atoms with van der Waals surface area (Å²) in [5, 5.41) is 20.8. The molecule has 138 valence electrons. The van der Waals surface area contributed by atoms with Crippen molar-refractivity contribution in [1.82, 2.24) is 0 Å². The van der Waals surface area contributed by atoms with E-state index in [1.54, 1.807) is 0 Å². The number of hydrogen-bond acceptors (Lipinski definition) is 4. The average molecular weight is 338 g/mol. The van der Waals surface area contributed by atoms with Crippen LogP contribution in [0.1, 0.15) is 65.7 Å². The summed E-state index contributed by atoms with van der Waals surface area (Å²) >= 11 is 0. The van der Waals surface area contributed by atoms with Gasteiger partial charge in [0.15, 0.2) is 0 Å². The molecule has 3 unspecified atom stereocenters. The summed E-state index contributed by atoms with van der Waals surface area (Å²) in [4.78, 5) is 0. The second kappa shape index (κ2) is 5.42. The molecular formula is C20H34O4. The molecule has 0 aromatic rings. The van der Waals surface area contributed by atoms with Crippen molar-refractivity contribution in [2.24, 2.45) is 22.7 Å². The topological polar surface area (TPSA) is 58.9 Å². The van der Waals surface area contributed by atoms with Crippen molar-refractivity contribution < 1.29 is 19.7 Å². The highest BCUT2D eigenvalue weighted by molar-refractivity contribution is 5.17. The minimum absolute atomic E-state index is 0.0213. The summed E-state index contributed by atoms with van der Waals surface area (Å²) in [6.07, 6.45) is 6.78. The zero-order chi connectivity index (χ0) is 17.2. The van der Waals surface area contributed by atoms with Crippen LogP contribution in [0.15, 0.2) is 0 Å². The van der Waals surface area contributed by atoms with Crippen molar-refractivity contribution in [3.8, 4) is 0 Å². The van der Waals surface area contributed by atoms with E-state index in [9.17, 15) is 10.2 Å². The minimum atomic E-state index is -0.411. The molecular weight excluding hydrogens is 304 g/mol. The number of aliphatic hydroxyl groups excluding tert-OH is 2. The van der Waals surface area contributed by atoms with Crippen LogP contribution in [0, 0.1) is 22.7 Å². The lowest BCUT2D eigenvalue weighted by atomic mass is 9.43. The van der Waals surface area contributed by atoms with Gasteiger partial charge in [-0.15, -0.1) is 0 Å². The molecule has 2 N–H and O–H groups in total. The van der Waals surface area contributed by atoms with E-state index < -0.39 is 11.5 Å². The van der Waals surface area contributed by atoms with Crippen LogP contribution in [-0.4, -0.2) is 47.3 Å². The van der Waals surface area contributed by atoms with Gasteiger partial charge in [-0.1, -0.05) is 20.8 Å². The Kier molecular flexibility index (Phi) is 3.90. The molecule has 2 heterocycles. The molecule has 0 aromatic heterocycles. The Labute approximate surface area is 145 Å². The largest absolute Gasteiger partial charge is 0.396 e. The van der Waals surface area contributed by atoms with Crippen LogP contribution in [0.3, 0.4) is 0 Å². The van der Waals surface area contributed by atoms with E-state index in [1.807, 2.05) is 0 Å². The summed E-state index contributed by atoms with van der Waals surface area (Å²) in [6, 6.07) is 0. The summed E-state index contributed by atoms with van der Waals surface area (Å²) < 4.78 is 12.7.